The molecule has 0 N–H and O–H groups in total. The SMILES string of the molecule is CC(C)Cn1nc(Br)c2cc(Oc3ccc(F)cc3F)ccc21. The summed E-state index contributed by atoms with van der Waals surface area (Å²) in [6.07, 6.45) is 0. The maximum Gasteiger partial charge on any atom is 0.168 e. The molecule has 0 unspecified atom stereocenters. The number of halogens is 3. The van der Waals surface area contributed by atoms with Crippen molar-refractivity contribution in [2.24, 2.45) is 5.92 Å². The third-order valence-corrected chi connectivity index (χ3v) is 3.92. The molecule has 3 nitrogen and oxygen atoms in total. The van der Waals surface area contributed by atoms with Crippen LogP contribution in [0.15, 0.2) is 41.0 Å². The summed E-state index contributed by atoms with van der Waals surface area (Å²) >= 11 is 3.44. The van der Waals surface area contributed by atoms with Crippen LogP contribution < -0.4 is 4.74 Å². The Labute approximate surface area is 141 Å². The highest BCUT2D eigenvalue weighted by atomic mass is 79.9. The summed E-state index contributed by atoms with van der Waals surface area (Å²) in [5.74, 6) is -0.457. The molecular weight excluding hydrogens is 366 g/mol. The van der Waals surface area contributed by atoms with Gasteiger partial charge in [-0.25, -0.2) is 8.78 Å². The quantitative estimate of drug-likeness (QED) is 0.595. The maximum atomic E-state index is 13.7. The summed E-state index contributed by atoms with van der Waals surface area (Å²) in [5, 5.41) is 5.34. The van der Waals surface area contributed by atoms with Crippen LogP contribution in [-0.4, -0.2) is 9.78 Å². The van der Waals surface area contributed by atoms with E-state index in [9.17, 15) is 8.78 Å². The highest BCUT2D eigenvalue weighted by Gasteiger charge is 2.12. The van der Waals surface area contributed by atoms with Crippen LogP contribution in [0.2, 0.25) is 0 Å². The van der Waals surface area contributed by atoms with Gasteiger partial charge in [0.15, 0.2) is 11.6 Å². The van der Waals surface area contributed by atoms with Crippen molar-refractivity contribution in [2.45, 2.75) is 20.4 Å². The van der Waals surface area contributed by atoms with Gasteiger partial charge < -0.3 is 4.74 Å². The Morgan fingerprint density at radius 3 is 2.65 bits per heavy atom. The van der Waals surface area contributed by atoms with Gasteiger partial charge in [0.1, 0.15) is 16.2 Å². The van der Waals surface area contributed by atoms with E-state index in [4.69, 9.17) is 4.74 Å². The van der Waals surface area contributed by atoms with Crippen LogP contribution in [0.3, 0.4) is 0 Å². The molecule has 6 heteroatoms. The van der Waals surface area contributed by atoms with E-state index in [0.29, 0.717) is 16.3 Å². The molecule has 0 atom stereocenters. The molecule has 0 amide bonds. The molecule has 1 heterocycles. The van der Waals surface area contributed by atoms with Gasteiger partial charge in [-0.1, -0.05) is 13.8 Å². The van der Waals surface area contributed by atoms with Crippen molar-refractivity contribution < 1.29 is 13.5 Å². The number of rotatable bonds is 4. The van der Waals surface area contributed by atoms with Gasteiger partial charge in [-0.05, 0) is 52.2 Å². The Kier molecular flexibility index (Phi) is 4.35. The van der Waals surface area contributed by atoms with Gasteiger partial charge >= 0.3 is 0 Å². The number of ether oxygens (including phenoxy) is 1. The lowest BCUT2D eigenvalue weighted by atomic mass is 10.2. The molecule has 0 saturated carbocycles. The molecule has 120 valence electrons. The first-order valence-electron chi connectivity index (χ1n) is 7.23. The average molecular weight is 381 g/mol. The molecule has 0 aliphatic heterocycles. The monoisotopic (exact) mass is 380 g/mol. The minimum Gasteiger partial charge on any atom is -0.454 e. The molecule has 2 aromatic carbocycles. The number of fused-ring (bicyclic) bond motifs is 1. The Hall–Kier alpha value is -1.95. The van der Waals surface area contributed by atoms with E-state index < -0.39 is 11.6 Å². The highest BCUT2D eigenvalue weighted by Crippen LogP contribution is 2.31. The first-order valence-corrected chi connectivity index (χ1v) is 8.02. The fourth-order valence-corrected chi connectivity index (χ4v) is 2.86. The van der Waals surface area contributed by atoms with E-state index in [-0.39, 0.29) is 5.75 Å². The molecule has 23 heavy (non-hydrogen) atoms. The molecule has 0 spiro atoms. The second kappa shape index (κ2) is 6.28. The average Bonchev–Trinajstić information content (AvgIpc) is 2.77. The lowest BCUT2D eigenvalue weighted by Gasteiger charge is -2.08. The molecule has 3 rings (SSSR count). The zero-order valence-corrected chi connectivity index (χ0v) is 14.3. The molecule has 0 radical (unpaired) electrons. The molecule has 0 aliphatic carbocycles. The minimum atomic E-state index is -0.736. The van der Waals surface area contributed by atoms with Crippen molar-refractivity contribution in [3.63, 3.8) is 0 Å². The predicted molar refractivity (Wildman–Crippen MR) is 88.7 cm³/mol. The van der Waals surface area contributed by atoms with Crippen LogP contribution in [0.5, 0.6) is 11.5 Å². The maximum absolute atomic E-state index is 13.7. The van der Waals surface area contributed by atoms with Crippen molar-refractivity contribution in [1.82, 2.24) is 9.78 Å². The van der Waals surface area contributed by atoms with Crippen LogP contribution >= 0.6 is 15.9 Å². The van der Waals surface area contributed by atoms with Crippen molar-refractivity contribution in [2.75, 3.05) is 0 Å². The zero-order valence-electron chi connectivity index (χ0n) is 12.7. The Morgan fingerprint density at radius 2 is 1.96 bits per heavy atom. The van der Waals surface area contributed by atoms with Crippen molar-refractivity contribution in [3.05, 3.63) is 52.6 Å². The number of hydrogen-bond acceptors (Lipinski definition) is 2. The zero-order chi connectivity index (χ0) is 16.6. The molecule has 0 fully saturated rings. The number of nitrogens with zero attached hydrogens (tertiary/aromatic N) is 2. The molecule has 1 aromatic heterocycles. The van der Waals surface area contributed by atoms with E-state index in [1.807, 2.05) is 10.7 Å². The molecule has 0 aliphatic rings. The first kappa shape index (κ1) is 15.9. The Bertz CT molecular complexity index is 861. The van der Waals surface area contributed by atoms with E-state index in [2.05, 4.69) is 34.9 Å². The molecule has 3 aromatic rings. The van der Waals surface area contributed by atoms with Crippen molar-refractivity contribution >= 4 is 26.8 Å². The van der Waals surface area contributed by atoms with Crippen LogP contribution in [0.4, 0.5) is 8.78 Å². The Morgan fingerprint density at radius 1 is 1.17 bits per heavy atom. The normalized spacial score (nSPS) is 11.4. The lowest BCUT2D eigenvalue weighted by Crippen LogP contribution is -2.05. The summed E-state index contributed by atoms with van der Waals surface area (Å²) in [4.78, 5) is 0. The smallest absolute Gasteiger partial charge is 0.168 e. The fraction of sp³-hybridized carbons (Fsp3) is 0.235. The van der Waals surface area contributed by atoms with Gasteiger partial charge in [0.05, 0.1) is 5.52 Å². The van der Waals surface area contributed by atoms with Gasteiger partial charge in [-0.3, -0.25) is 4.68 Å². The first-order chi connectivity index (χ1) is 10.9. The minimum absolute atomic E-state index is 0.0172. The fourth-order valence-electron chi connectivity index (χ4n) is 2.35. The van der Waals surface area contributed by atoms with Crippen molar-refractivity contribution in [3.8, 4) is 11.5 Å². The summed E-state index contributed by atoms with van der Waals surface area (Å²) in [5.41, 5.74) is 0.970. The van der Waals surface area contributed by atoms with Gasteiger partial charge in [0.25, 0.3) is 0 Å². The van der Waals surface area contributed by atoms with E-state index in [0.717, 1.165) is 29.6 Å². The van der Waals surface area contributed by atoms with E-state index in [1.54, 1.807) is 12.1 Å². The topological polar surface area (TPSA) is 27.1 Å². The van der Waals surface area contributed by atoms with Gasteiger partial charge in [-0.2, -0.15) is 5.10 Å². The third kappa shape index (κ3) is 3.37. The highest BCUT2D eigenvalue weighted by molar-refractivity contribution is 9.10. The molecule has 0 bridgehead atoms. The van der Waals surface area contributed by atoms with Crippen LogP contribution in [0, 0.1) is 17.6 Å². The third-order valence-electron chi connectivity index (χ3n) is 3.34. The van der Waals surface area contributed by atoms with Crippen LogP contribution in [0.25, 0.3) is 10.9 Å². The molecular formula is C17H15BrF2N2O. The van der Waals surface area contributed by atoms with E-state index >= 15 is 0 Å². The summed E-state index contributed by atoms with van der Waals surface area (Å²) < 4.78 is 34.8. The number of aromatic nitrogens is 2. The number of hydrogen-bond donors (Lipinski definition) is 0. The van der Waals surface area contributed by atoms with Gasteiger partial charge in [-0.15, -0.1) is 0 Å². The van der Waals surface area contributed by atoms with Gasteiger partial charge in [0, 0.05) is 18.0 Å². The lowest BCUT2D eigenvalue weighted by molar-refractivity contribution is 0.438. The van der Waals surface area contributed by atoms with Crippen molar-refractivity contribution in [1.29, 1.82) is 0 Å². The summed E-state index contributed by atoms with van der Waals surface area (Å²) in [6, 6.07) is 8.64. The molecule has 0 saturated heterocycles. The van der Waals surface area contributed by atoms with Crippen LogP contribution in [0.1, 0.15) is 13.8 Å². The van der Waals surface area contributed by atoms with E-state index in [1.165, 1.54) is 6.07 Å². The standard InChI is InChI=1S/C17H15BrF2N2O/c1-10(2)9-22-15-5-4-12(8-13(15)17(18)21-22)23-16-6-3-11(19)7-14(16)20/h3-8,10H,9H2,1-2H3. The summed E-state index contributed by atoms with van der Waals surface area (Å²) in [6.45, 7) is 5.04. The van der Waals surface area contributed by atoms with Crippen LogP contribution in [-0.2, 0) is 6.54 Å². The second-order valence-electron chi connectivity index (χ2n) is 5.72. The predicted octanol–water partition coefficient (Wildman–Crippen LogP) is 5.53. The van der Waals surface area contributed by atoms with Gasteiger partial charge in [0.2, 0.25) is 0 Å². The number of benzene rings is 2. The summed E-state index contributed by atoms with van der Waals surface area (Å²) in [7, 11) is 0. The largest absolute Gasteiger partial charge is 0.454 e. The second-order valence-corrected chi connectivity index (χ2v) is 6.47. The Balaban J connectivity index is 1.95.